The molecule has 0 saturated carbocycles. The van der Waals surface area contributed by atoms with E-state index in [0.717, 1.165) is 9.27 Å². The number of nitrogens with one attached hydrogen (secondary N) is 1. The molecule has 2 heterocycles. The fourth-order valence-corrected chi connectivity index (χ4v) is 4.99. The van der Waals surface area contributed by atoms with Gasteiger partial charge in [0.15, 0.2) is 0 Å². The minimum absolute atomic E-state index is 0.0677. The highest BCUT2D eigenvalue weighted by Crippen LogP contribution is 2.30. The second-order valence-corrected chi connectivity index (χ2v) is 8.77. The van der Waals surface area contributed by atoms with E-state index >= 15 is 0 Å². The molecule has 9 heteroatoms. The van der Waals surface area contributed by atoms with Crippen molar-refractivity contribution in [2.75, 3.05) is 5.32 Å². The van der Waals surface area contributed by atoms with E-state index in [2.05, 4.69) is 5.32 Å². The maximum Gasteiger partial charge on any atom is 0.332 e. The van der Waals surface area contributed by atoms with Gasteiger partial charge in [0.25, 0.3) is 5.56 Å². The number of anilines is 1. The topological polar surface area (TPSA) is 73.1 Å². The molecule has 0 aliphatic rings. The summed E-state index contributed by atoms with van der Waals surface area (Å²) in [5.41, 5.74) is 0.217. The van der Waals surface area contributed by atoms with Gasteiger partial charge in [0.05, 0.1) is 12.1 Å². The molecule has 0 atom stereocenters. The molecule has 1 amide bonds. The molecule has 2 aromatic heterocycles. The SMILES string of the molecule is O=C(Cn1c(=O)n(Cc2ccc(F)cc2)c(=O)c2sc3ccccc3c21)Nc1ccc(F)cc1. The monoisotopic (exact) mass is 477 g/mol. The van der Waals surface area contributed by atoms with E-state index in [0.29, 0.717) is 26.9 Å². The predicted molar refractivity (Wildman–Crippen MR) is 128 cm³/mol. The Morgan fingerprint density at radius 3 is 2.21 bits per heavy atom. The number of fused-ring (bicyclic) bond motifs is 3. The van der Waals surface area contributed by atoms with Gasteiger partial charge in [-0.15, -0.1) is 11.3 Å². The Balaban J connectivity index is 1.64. The molecule has 0 saturated heterocycles. The highest BCUT2D eigenvalue weighted by atomic mass is 32.1. The molecule has 5 aromatic rings. The summed E-state index contributed by atoms with van der Waals surface area (Å²) in [4.78, 5) is 39.6. The predicted octanol–water partition coefficient (Wildman–Crippen LogP) is 4.34. The van der Waals surface area contributed by atoms with Gasteiger partial charge < -0.3 is 5.32 Å². The second kappa shape index (κ2) is 8.68. The molecule has 0 spiro atoms. The van der Waals surface area contributed by atoms with E-state index in [-0.39, 0.29) is 13.1 Å². The van der Waals surface area contributed by atoms with Crippen molar-refractivity contribution in [3.05, 3.63) is 111 Å². The van der Waals surface area contributed by atoms with Gasteiger partial charge in [-0.05, 0) is 48.0 Å². The van der Waals surface area contributed by atoms with Gasteiger partial charge in [0, 0.05) is 15.8 Å². The van der Waals surface area contributed by atoms with E-state index in [1.807, 2.05) is 12.1 Å². The summed E-state index contributed by atoms with van der Waals surface area (Å²) >= 11 is 1.24. The van der Waals surface area contributed by atoms with E-state index in [1.165, 1.54) is 64.4 Å². The van der Waals surface area contributed by atoms with Gasteiger partial charge in [0.2, 0.25) is 5.91 Å². The van der Waals surface area contributed by atoms with Gasteiger partial charge in [-0.25, -0.2) is 13.6 Å². The molecule has 6 nitrogen and oxygen atoms in total. The van der Waals surface area contributed by atoms with Crippen molar-refractivity contribution in [2.45, 2.75) is 13.1 Å². The zero-order chi connectivity index (χ0) is 23.8. The van der Waals surface area contributed by atoms with Crippen LogP contribution in [0.5, 0.6) is 0 Å². The summed E-state index contributed by atoms with van der Waals surface area (Å²) in [5, 5.41) is 3.34. The lowest BCUT2D eigenvalue weighted by molar-refractivity contribution is -0.116. The van der Waals surface area contributed by atoms with Crippen LogP contribution in [-0.2, 0) is 17.9 Å². The third kappa shape index (κ3) is 4.01. The number of aromatic nitrogens is 2. The Kier molecular flexibility index (Phi) is 5.54. The van der Waals surface area contributed by atoms with Crippen LogP contribution in [0.4, 0.5) is 14.5 Å². The van der Waals surface area contributed by atoms with Crippen molar-refractivity contribution in [2.24, 2.45) is 0 Å². The molecule has 5 rings (SSSR count). The highest BCUT2D eigenvalue weighted by Gasteiger charge is 2.20. The number of carbonyl (C=O) groups is 1. The van der Waals surface area contributed by atoms with Crippen LogP contribution in [-0.4, -0.2) is 15.0 Å². The molecule has 3 aromatic carbocycles. The normalized spacial score (nSPS) is 11.2. The summed E-state index contributed by atoms with van der Waals surface area (Å²) in [6.07, 6.45) is 0. The molecular formula is C25H17F2N3O3S. The van der Waals surface area contributed by atoms with Crippen molar-refractivity contribution in [3.63, 3.8) is 0 Å². The highest BCUT2D eigenvalue weighted by molar-refractivity contribution is 7.25. The third-order valence-electron chi connectivity index (χ3n) is 5.42. The number of carbonyl (C=O) groups excluding carboxylic acids is 1. The molecule has 0 radical (unpaired) electrons. The van der Waals surface area contributed by atoms with E-state index in [4.69, 9.17) is 0 Å². The van der Waals surface area contributed by atoms with Crippen LogP contribution in [0.3, 0.4) is 0 Å². The molecule has 1 N–H and O–H groups in total. The van der Waals surface area contributed by atoms with Crippen molar-refractivity contribution >= 4 is 43.2 Å². The molecule has 0 bridgehead atoms. The van der Waals surface area contributed by atoms with E-state index in [9.17, 15) is 23.2 Å². The molecule has 0 fully saturated rings. The molecular weight excluding hydrogens is 460 g/mol. The first-order valence-electron chi connectivity index (χ1n) is 10.4. The first-order chi connectivity index (χ1) is 16.4. The van der Waals surface area contributed by atoms with Crippen molar-refractivity contribution in [3.8, 4) is 0 Å². The minimum atomic E-state index is -0.653. The number of nitrogens with zero attached hydrogens (tertiary/aromatic N) is 2. The Hall–Kier alpha value is -4.11. The third-order valence-corrected chi connectivity index (χ3v) is 6.57. The number of amides is 1. The first-order valence-corrected chi connectivity index (χ1v) is 11.2. The Morgan fingerprint density at radius 1 is 0.853 bits per heavy atom. The maximum atomic E-state index is 13.5. The van der Waals surface area contributed by atoms with Crippen LogP contribution >= 0.6 is 11.3 Å². The second-order valence-electron chi connectivity index (χ2n) is 7.72. The Morgan fingerprint density at radius 2 is 1.50 bits per heavy atom. The zero-order valence-corrected chi connectivity index (χ0v) is 18.4. The van der Waals surface area contributed by atoms with Crippen molar-refractivity contribution in [1.29, 1.82) is 0 Å². The number of hydrogen-bond acceptors (Lipinski definition) is 4. The molecule has 0 unspecified atom stereocenters. The average Bonchev–Trinajstić information content (AvgIpc) is 3.22. The molecule has 0 aliphatic heterocycles. The number of thiophene rings is 1. The van der Waals surface area contributed by atoms with Crippen LogP contribution in [0.2, 0.25) is 0 Å². The van der Waals surface area contributed by atoms with E-state index < -0.39 is 28.8 Å². The lowest BCUT2D eigenvalue weighted by Gasteiger charge is -2.13. The van der Waals surface area contributed by atoms with Crippen LogP contribution in [0, 0.1) is 11.6 Å². The maximum absolute atomic E-state index is 13.5. The van der Waals surface area contributed by atoms with Gasteiger partial charge in [-0.1, -0.05) is 30.3 Å². The lowest BCUT2D eigenvalue weighted by Crippen LogP contribution is -2.41. The molecule has 0 aliphatic carbocycles. The van der Waals surface area contributed by atoms with Crippen LogP contribution < -0.4 is 16.6 Å². The summed E-state index contributed by atoms with van der Waals surface area (Å²) in [6, 6.07) is 18.1. The summed E-state index contributed by atoms with van der Waals surface area (Å²) in [7, 11) is 0. The van der Waals surface area contributed by atoms with Crippen LogP contribution in [0.1, 0.15) is 5.56 Å². The van der Waals surface area contributed by atoms with Crippen molar-refractivity contribution < 1.29 is 13.6 Å². The summed E-state index contributed by atoms with van der Waals surface area (Å²) < 4.78 is 30.0. The zero-order valence-electron chi connectivity index (χ0n) is 17.6. The standard InChI is InChI=1S/C25H17F2N3O3S/c26-16-7-5-15(6-8-16)13-30-24(32)23-22(19-3-1-2-4-20(19)34-23)29(25(30)33)14-21(31)28-18-11-9-17(27)10-12-18/h1-12H,13-14H2,(H,28,31). The largest absolute Gasteiger partial charge is 0.332 e. The number of hydrogen-bond donors (Lipinski definition) is 1. The summed E-state index contributed by atoms with van der Waals surface area (Å²) in [6.45, 7) is -0.418. The van der Waals surface area contributed by atoms with Gasteiger partial charge in [-0.2, -0.15) is 0 Å². The number of halogens is 2. The Labute approximate surface area is 195 Å². The molecule has 34 heavy (non-hydrogen) atoms. The fourth-order valence-electron chi connectivity index (χ4n) is 3.83. The van der Waals surface area contributed by atoms with Crippen LogP contribution in [0.25, 0.3) is 20.3 Å². The first kappa shape index (κ1) is 21.7. The summed E-state index contributed by atoms with van der Waals surface area (Å²) in [5.74, 6) is -1.36. The van der Waals surface area contributed by atoms with Crippen LogP contribution in [0.15, 0.2) is 82.4 Å². The Bertz CT molecular complexity index is 1650. The average molecular weight is 477 g/mol. The quantitative estimate of drug-likeness (QED) is 0.409. The van der Waals surface area contributed by atoms with Crippen molar-refractivity contribution in [1.82, 2.24) is 9.13 Å². The smallest absolute Gasteiger partial charge is 0.325 e. The number of rotatable bonds is 5. The lowest BCUT2D eigenvalue weighted by atomic mass is 10.2. The van der Waals surface area contributed by atoms with Gasteiger partial charge in [-0.3, -0.25) is 18.7 Å². The van der Waals surface area contributed by atoms with Gasteiger partial charge in [0.1, 0.15) is 22.9 Å². The number of benzene rings is 3. The van der Waals surface area contributed by atoms with E-state index in [1.54, 1.807) is 12.1 Å². The minimum Gasteiger partial charge on any atom is -0.325 e. The molecule has 170 valence electrons. The van der Waals surface area contributed by atoms with Gasteiger partial charge >= 0.3 is 5.69 Å². The fraction of sp³-hybridized carbons (Fsp3) is 0.0800.